The lowest BCUT2D eigenvalue weighted by atomic mass is 9.99. The van der Waals surface area contributed by atoms with Gasteiger partial charge in [0.15, 0.2) is 0 Å². The van der Waals surface area contributed by atoms with Crippen molar-refractivity contribution in [3.05, 3.63) is 60.3 Å². The molecule has 164 valence electrons. The highest BCUT2D eigenvalue weighted by Crippen LogP contribution is 2.47. The molecule has 2 atom stereocenters. The molecule has 0 aliphatic heterocycles. The summed E-state index contributed by atoms with van der Waals surface area (Å²) in [6.07, 6.45) is 18.1. The van der Waals surface area contributed by atoms with Crippen LogP contribution in [0.3, 0.4) is 0 Å². The Labute approximate surface area is 184 Å². The molecule has 1 N–H and O–H groups in total. The first-order valence-electron chi connectivity index (χ1n) is 11.6. The Kier molecular flexibility index (Phi) is 6.51. The summed E-state index contributed by atoms with van der Waals surface area (Å²) in [5.74, 6) is 1.40. The normalized spacial score (nSPS) is 21.4. The summed E-state index contributed by atoms with van der Waals surface area (Å²) >= 11 is 0. The van der Waals surface area contributed by atoms with Crippen LogP contribution >= 0.6 is 0 Å². The van der Waals surface area contributed by atoms with Gasteiger partial charge in [0.25, 0.3) is 0 Å². The number of aromatic nitrogens is 3. The van der Waals surface area contributed by atoms with E-state index in [4.69, 9.17) is 4.98 Å². The van der Waals surface area contributed by atoms with Gasteiger partial charge in [0, 0.05) is 42.8 Å². The average Bonchev–Trinajstić information content (AvgIpc) is 3.21. The average molecular weight is 420 g/mol. The Morgan fingerprint density at radius 1 is 1.29 bits per heavy atom. The van der Waals surface area contributed by atoms with Crippen molar-refractivity contribution in [3.63, 3.8) is 0 Å². The number of ketones is 1. The molecular formula is C26H33N3O2. The first-order valence-corrected chi connectivity index (χ1v) is 11.6. The fraction of sp³-hybridized carbons (Fsp3) is 0.500. The van der Waals surface area contributed by atoms with Gasteiger partial charge in [-0.05, 0) is 50.7 Å². The van der Waals surface area contributed by atoms with Crippen LogP contribution in [0.4, 0.5) is 0 Å². The Morgan fingerprint density at radius 2 is 2.06 bits per heavy atom. The molecule has 0 spiro atoms. The summed E-state index contributed by atoms with van der Waals surface area (Å²) in [5.41, 5.74) is 2.18. The number of Topliss-reactive ketones (excluding diaryl/α,β-unsaturated/α-hetero) is 1. The first kappa shape index (κ1) is 21.7. The van der Waals surface area contributed by atoms with E-state index in [1.54, 1.807) is 12.4 Å². The Morgan fingerprint density at radius 3 is 2.71 bits per heavy atom. The fourth-order valence-corrected chi connectivity index (χ4v) is 4.59. The number of allylic oxidation sites excluding steroid dienone is 4. The molecule has 0 bridgehead atoms. The third-order valence-electron chi connectivity index (χ3n) is 6.55. The minimum atomic E-state index is -0.842. The quantitative estimate of drug-likeness (QED) is 0.559. The topological polar surface area (TPSA) is 68.0 Å². The monoisotopic (exact) mass is 419 g/mol. The molecule has 2 aliphatic carbocycles. The molecule has 0 amide bonds. The summed E-state index contributed by atoms with van der Waals surface area (Å²) in [7, 11) is 0. The zero-order valence-corrected chi connectivity index (χ0v) is 18.6. The first-order chi connectivity index (χ1) is 15.0. The number of hydrogen-bond donors (Lipinski definition) is 1. The van der Waals surface area contributed by atoms with Gasteiger partial charge < -0.3 is 9.67 Å². The molecule has 2 unspecified atom stereocenters. The molecule has 2 fully saturated rings. The van der Waals surface area contributed by atoms with Crippen molar-refractivity contribution < 1.29 is 9.90 Å². The lowest BCUT2D eigenvalue weighted by molar-refractivity contribution is -0.120. The second-order valence-electron chi connectivity index (χ2n) is 8.94. The van der Waals surface area contributed by atoms with Crippen LogP contribution in [0.25, 0.3) is 11.3 Å². The third kappa shape index (κ3) is 4.72. The predicted molar refractivity (Wildman–Crippen MR) is 123 cm³/mol. The van der Waals surface area contributed by atoms with Crippen LogP contribution in [0.15, 0.2) is 48.8 Å². The van der Waals surface area contributed by atoms with Crippen LogP contribution in [-0.4, -0.2) is 25.4 Å². The maximum Gasteiger partial charge on any atom is 0.141 e. The number of hydrogen-bond acceptors (Lipinski definition) is 4. The fourth-order valence-electron chi connectivity index (χ4n) is 4.59. The van der Waals surface area contributed by atoms with E-state index in [0.717, 1.165) is 61.3 Å². The summed E-state index contributed by atoms with van der Waals surface area (Å²) in [6.45, 7) is 5.01. The number of carbonyl (C=O) groups is 1. The molecule has 4 rings (SSSR count). The van der Waals surface area contributed by atoms with Gasteiger partial charge in [0.05, 0.1) is 11.4 Å². The Bertz CT molecular complexity index is 970. The van der Waals surface area contributed by atoms with Crippen molar-refractivity contribution in [1.29, 1.82) is 0 Å². The van der Waals surface area contributed by atoms with Crippen LogP contribution in [-0.2, 0) is 16.9 Å². The highest BCUT2D eigenvalue weighted by molar-refractivity contribution is 5.82. The zero-order valence-electron chi connectivity index (χ0n) is 18.6. The van der Waals surface area contributed by atoms with Gasteiger partial charge in [-0.1, -0.05) is 38.2 Å². The van der Waals surface area contributed by atoms with Gasteiger partial charge in [-0.2, -0.15) is 0 Å². The van der Waals surface area contributed by atoms with E-state index in [-0.39, 0.29) is 11.8 Å². The molecule has 0 radical (unpaired) electrons. The standard InChI is InChI=1S/C26H33N3O2/c1-3-4-5-6-8-19(2)24-23(21-11-16-27-17-12-21)28-25(26(31)14-15-26)29(24)18-13-20-9-7-10-22(20)30/h4-6,8,11-12,16-17,19-20,31H,3,7,9-10,13-15,18H2,1-2H3/b5-4-,8-6-. The number of rotatable bonds is 9. The minimum absolute atomic E-state index is 0.118. The Balaban J connectivity index is 1.75. The second-order valence-corrected chi connectivity index (χ2v) is 8.94. The molecule has 31 heavy (non-hydrogen) atoms. The van der Waals surface area contributed by atoms with E-state index in [0.29, 0.717) is 18.7 Å². The van der Waals surface area contributed by atoms with Crippen LogP contribution in [0, 0.1) is 5.92 Å². The smallest absolute Gasteiger partial charge is 0.141 e. The van der Waals surface area contributed by atoms with E-state index in [9.17, 15) is 9.90 Å². The molecule has 0 aromatic carbocycles. The van der Waals surface area contributed by atoms with Gasteiger partial charge in [0.2, 0.25) is 0 Å². The number of nitrogens with zero attached hydrogens (tertiary/aromatic N) is 3. The van der Waals surface area contributed by atoms with E-state index in [2.05, 4.69) is 47.7 Å². The van der Waals surface area contributed by atoms with Crippen molar-refractivity contribution in [2.24, 2.45) is 5.92 Å². The number of aliphatic hydroxyl groups is 1. The van der Waals surface area contributed by atoms with Crippen molar-refractivity contribution in [2.75, 3.05) is 0 Å². The van der Waals surface area contributed by atoms with Crippen LogP contribution in [0.5, 0.6) is 0 Å². The van der Waals surface area contributed by atoms with Crippen molar-refractivity contribution in [2.45, 2.75) is 76.9 Å². The molecule has 2 saturated carbocycles. The van der Waals surface area contributed by atoms with Crippen molar-refractivity contribution in [1.82, 2.24) is 14.5 Å². The molecule has 2 heterocycles. The SMILES string of the molecule is CC/C=C\C=C/C(C)c1c(-c2ccncc2)nc(C2(O)CC2)n1CCC1CCCC1=O. The Hall–Kier alpha value is -2.53. The molecule has 2 aliphatic rings. The largest absolute Gasteiger partial charge is 0.382 e. The number of pyridine rings is 1. The summed E-state index contributed by atoms with van der Waals surface area (Å²) in [4.78, 5) is 21.4. The van der Waals surface area contributed by atoms with E-state index in [1.165, 1.54) is 0 Å². The second kappa shape index (κ2) is 9.31. The van der Waals surface area contributed by atoms with Crippen molar-refractivity contribution >= 4 is 5.78 Å². The molecule has 0 saturated heterocycles. The van der Waals surface area contributed by atoms with E-state index < -0.39 is 5.60 Å². The van der Waals surface area contributed by atoms with Gasteiger partial charge >= 0.3 is 0 Å². The lowest BCUT2D eigenvalue weighted by Gasteiger charge is -2.19. The summed E-state index contributed by atoms with van der Waals surface area (Å²) < 4.78 is 2.22. The predicted octanol–water partition coefficient (Wildman–Crippen LogP) is 5.31. The maximum atomic E-state index is 12.2. The van der Waals surface area contributed by atoms with Crippen LogP contribution < -0.4 is 0 Å². The highest BCUT2D eigenvalue weighted by Gasteiger charge is 2.47. The minimum Gasteiger partial charge on any atom is -0.382 e. The maximum absolute atomic E-state index is 12.2. The van der Waals surface area contributed by atoms with Gasteiger partial charge in [-0.15, -0.1) is 0 Å². The summed E-state index contributed by atoms with van der Waals surface area (Å²) in [5, 5.41) is 11.0. The van der Waals surface area contributed by atoms with Crippen LogP contribution in [0.1, 0.15) is 76.2 Å². The molecule has 5 nitrogen and oxygen atoms in total. The van der Waals surface area contributed by atoms with Crippen LogP contribution in [0.2, 0.25) is 0 Å². The van der Waals surface area contributed by atoms with E-state index in [1.807, 2.05) is 12.1 Å². The zero-order chi connectivity index (χ0) is 21.8. The highest BCUT2D eigenvalue weighted by atomic mass is 16.3. The van der Waals surface area contributed by atoms with Gasteiger partial charge in [0.1, 0.15) is 17.2 Å². The molecule has 2 aromatic heterocycles. The molecule has 5 heteroatoms. The molecule has 2 aromatic rings. The lowest BCUT2D eigenvalue weighted by Crippen LogP contribution is -2.19. The number of imidazole rings is 1. The summed E-state index contributed by atoms with van der Waals surface area (Å²) in [6, 6.07) is 3.95. The van der Waals surface area contributed by atoms with Gasteiger partial charge in [-0.25, -0.2) is 4.98 Å². The van der Waals surface area contributed by atoms with E-state index >= 15 is 0 Å². The van der Waals surface area contributed by atoms with Crippen molar-refractivity contribution in [3.8, 4) is 11.3 Å². The van der Waals surface area contributed by atoms with Gasteiger partial charge in [-0.3, -0.25) is 9.78 Å². The third-order valence-corrected chi connectivity index (χ3v) is 6.55. The number of carbonyl (C=O) groups excluding carboxylic acids is 1. The molecular weight excluding hydrogens is 386 g/mol.